The quantitative estimate of drug-likeness (QED) is 0.891. The van der Waals surface area contributed by atoms with Crippen LogP contribution in [0.2, 0.25) is 0 Å². The van der Waals surface area contributed by atoms with E-state index in [1.807, 2.05) is 61.6 Å². The van der Waals surface area contributed by atoms with Gasteiger partial charge >= 0.3 is 0 Å². The van der Waals surface area contributed by atoms with Gasteiger partial charge in [-0.15, -0.1) is 11.8 Å². The molecule has 0 aliphatic heterocycles. The van der Waals surface area contributed by atoms with E-state index >= 15 is 0 Å². The van der Waals surface area contributed by atoms with Gasteiger partial charge < -0.3 is 10.2 Å². The molecule has 0 bridgehead atoms. The first kappa shape index (κ1) is 15.4. The molecule has 5 heteroatoms. The minimum absolute atomic E-state index is 0.0153. The van der Waals surface area contributed by atoms with Crippen LogP contribution in [0.1, 0.15) is 5.56 Å². The molecule has 0 aliphatic carbocycles. The third-order valence-electron chi connectivity index (χ3n) is 2.89. The molecule has 1 aromatic carbocycles. The second-order valence-electron chi connectivity index (χ2n) is 4.84. The molecule has 1 amide bonds. The van der Waals surface area contributed by atoms with Crippen LogP contribution in [-0.4, -0.2) is 30.7 Å². The summed E-state index contributed by atoms with van der Waals surface area (Å²) in [6.45, 7) is 0. The third kappa shape index (κ3) is 5.11. The van der Waals surface area contributed by atoms with E-state index in [0.29, 0.717) is 5.75 Å². The standard InChI is InChI=1S/C16H19N3OS/c1-19(2)15-7-5-14(6-8-15)18-16(20)12-21-11-13-4-3-9-17-10-13/h3-10H,11-12H2,1-2H3,(H,18,20). The van der Waals surface area contributed by atoms with Gasteiger partial charge in [-0.05, 0) is 35.9 Å². The zero-order valence-electron chi connectivity index (χ0n) is 12.2. The Balaban J connectivity index is 1.76. The van der Waals surface area contributed by atoms with Crippen molar-refractivity contribution in [1.82, 2.24) is 4.98 Å². The number of thioether (sulfide) groups is 1. The van der Waals surface area contributed by atoms with Crippen molar-refractivity contribution in [3.8, 4) is 0 Å². The highest BCUT2D eigenvalue weighted by atomic mass is 32.2. The Kier molecular flexibility index (Phi) is 5.63. The van der Waals surface area contributed by atoms with Crippen molar-refractivity contribution in [3.05, 3.63) is 54.4 Å². The fraction of sp³-hybridized carbons (Fsp3) is 0.250. The van der Waals surface area contributed by atoms with Crippen LogP contribution < -0.4 is 10.2 Å². The number of carbonyl (C=O) groups excluding carboxylic acids is 1. The van der Waals surface area contributed by atoms with E-state index in [1.54, 1.807) is 18.0 Å². The predicted octanol–water partition coefficient (Wildman–Crippen LogP) is 3.02. The SMILES string of the molecule is CN(C)c1ccc(NC(=O)CSCc2cccnc2)cc1. The van der Waals surface area contributed by atoms with Crippen molar-refractivity contribution in [2.45, 2.75) is 5.75 Å². The number of hydrogen-bond acceptors (Lipinski definition) is 4. The molecule has 0 saturated carbocycles. The van der Waals surface area contributed by atoms with Gasteiger partial charge in [0.1, 0.15) is 0 Å². The topological polar surface area (TPSA) is 45.2 Å². The number of aromatic nitrogens is 1. The molecule has 2 aromatic rings. The average Bonchev–Trinajstić information content (AvgIpc) is 2.49. The lowest BCUT2D eigenvalue weighted by Gasteiger charge is -2.13. The minimum atomic E-state index is 0.0153. The maximum Gasteiger partial charge on any atom is 0.234 e. The first-order chi connectivity index (χ1) is 10.1. The molecule has 21 heavy (non-hydrogen) atoms. The molecule has 0 spiro atoms. The summed E-state index contributed by atoms with van der Waals surface area (Å²) in [5.41, 5.74) is 3.07. The van der Waals surface area contributed by atoms with E-state index in [2.05, 4.69) is 10.3 Å². The van der Waals surface area contributed by atoms with E-state index in [4.69, 9.17) is 0 Å². The van der Waals surface area contributed by atoms with E-state index in [1.165, 1.54) is 0 Å². The molecule has 2 rings (SSSR count). The Labute approximate surface area is 129 Å². The summed E-state index contributed by atoms with van der Waals surface area (Å²) in [5.74, 6) is 1.24. The van der Waals surface area contributed by atoms with Gasteiger partial charge in [-0.25, -0.2) is 0 Å². The number of benzene rings is 1. The Morgan fingerprint density at radius 1 is 1.24 bits per heavy atom. The molecule has 0 saturated heterocycles. The first-order valence-corrected chi connectivity index (χ1v) is 7.84. The van der Waals surface area contributed by atoms with E-state index in [9.17, 15) is 4.79 Å². The number of rotatable bonds is 6. The number of pyridine rings is 1. The summed E-state index contributed by atoms with van der Waals surface area (Å²) in [6, 6.07) is 11.7. The largest absolute Gasteiger partial charge is 0.378 e. The van der Waals surface area contributed by atoms with Crippen LogP contribution in [0.5, 0.6) is 0 Å². The van der Waals surface area contributed by atoms with Crippen LogP contribution in [0, 0.1) is 0 Å². The van der Waals surface area contributed by atoms with E-state index in [-0.39, 0.29) is 5.91 Å². The smallest absolute Gasteiger partial charge is 0.234 e. The maximum atomic E-state index is 11.9. The van der Waals surface area contributed by atoms with Crippen LogP contribution in [0.3, 0.4) is 0 Å². The Hall–Kier alpha value is -2.01. The number of anilines is 2. The molecule has 0 radical (unpaired) electrons. The predicted molar refractivity (Wildman–Crippen MR) is 89.8 cm³/mol. The summed E-state index contributed by atoms with van der Waals surface area (Å²) >= 11 is 1.58. The monoisotopic (exact) mass is 301 g/mol. The summed E-state index contributed by atoms with van der Waals surface area (Å²) in [5, 5.41) is 2.90. The zero-order valence-corrected chi connectivity index (χ0v) is 13.1. The highest BCUT2D eigenvalue weighted by Gasteiger charge is 2.03. The zero-order chi connectivity index (χ0) is 15.1. The molecular formula is C16H19N3OS. The third-order valence-corrected chi connectivity index (χ3v) is 3.90. The number of hydrogen-bond donors (Lipinski definition) is 1. The Morgan fingerprint density at radius 3 is 2.62 bits per heavy atom. The maximum absolute atomic E-state index is 11.9. The van der Waals surface area contributed by atoms with Crippen molar-refractivity contribution in [2.24, 2.45) is 0 Å². The summed E-state index contributed by atoms with van der Waals surface area (Å²) in [4.78, 5) is 17.9. The Morgan fingerprint density at radius 2 is 2.00 bits per heavy atom. The summed E-state index contributed by atoms with van der Waals surface area (Å²) < 4.78 is 0. The van der Waals surface area contributed by atoms with Crippen molar-refractivity contribution in [3.63, 3.8) is 0 Å². The highest BCUT2D eigenvalue weighted by molar-refractivity contribution is 7.99. The van der Waals surface area contributed by atoms with Gasteiger partial charge in [-0.2, -0.15) is 0 Å². The molecule has 110 valence electrons. The molecule has 1 heterocycles. The van der Waals surface area contributed by atoms with Crippen LogP contribution >= 0.6 is 11.8 Å². The lowest BCUT2D eigenvalue weighted by molar-refractivity contribution is -0.113. The van der Waals surface area contributed by atoms with Crippen LogP contribution in [0.15, 0.2) is 48.8 Å². The molecule has 1 aromatic heterocycles. The van der Waals surface area contributed by atoms with Crippen molar-refractivity contribution < 1.29 is 4.79 Å². The number of nitrogens with one attached hydrogen (secondary N) is 1. The lowest BCUT2D eigenvalue weighted by Crippen LogP contribution is -2.14. The molecule has 0 aliphatic rings. The average molecular weight is 301 g/mol. The van der Waals surface area contributed by atoms with E-state index in [0.717, 1.165) is 22.7 Å². The van der Waals surface area contributed by atoms with Crippen LogP contribution in [-0.2, 0) is 10.5 Å². The van der Waals surface area contributed by atoms with Crippen molar-refractivity contribution in [2.75, 3.05) is 30.1 Å². The molecule has 1 N–H and O–H groups in total. The van der Waals surface area contributed by atoms with Gasteiger partial charge in [0.05, 0.1) is 5.75 Å². The molecular weight excluding hydrogens is 282 g/mol. The fourth-order valence-electron chi connectivity index (χ4n) is 1.79. The van der Waals surface area contributed by atoms with Gasteiger partial charge in [0, 0.05) is 43.6 Å². The van der Waals surface area contributed by atoms with E-state index < -0.39 is 0 Å². The normalized spacial score (nSPS) is 10.2. The fourth-order valence-corrected chi connectivity index (χ4v) is 2.55. The first-order valence-electron chi connectivity index (χ1n) is 6.69. The molecule has 0 atom stereocenters. The lowest BCUT2D eigenvalue weighted by atomic mass is 10.2. The van der Waals surface area contributed by atoms with Gasteiger partial charge in [0.2, 0.25) is 5.91 Å². The van der Waals surface area contributed by atoms with Crippen molar-refractivity contribution >= 4 is 29.0 Å². The molecule has 0 unspecified atom stereocenters. The second kappa shape index (κ2) is 7.69. The summed E-state index contributed by atoms with van der Waals surface area (Å²) in [6.07, 6.45) is 3.57. The van der Waals surface area contributed by atoms with Gasteiger partial charge in [0.25, 0.3) is 0 Å². The minimum Gasteiger partial charge on any atom is -0.378 e. The van der Waals surface area contributed by atoms with Gasteiger partial charge in [0.15, 0.2) is 0 Å². The Bertz CT molecular complexity index is 570. The number of amides is 1. The van der Waals surface area contributed by atoms with Crippen LogP contribution in [0.25, 0.3) is 0 Å². The van der Waals surface area contributed by atoms with Gasteiger partial charge in [-0.3, -0.25) is 9.78 Å². The summed E-state index contributed by atoms with van der Waals surface area (Å²) in [7, 11) is 3.98. The number of nitrogens with zero attached hydrogens (tertiary/aromatic N) is 2. The molecule has 4 nitrogen and oxygen atoms in total. The van der Waals surface area contributed by atoms with Gasteiger partial charge in [-0.1, -0.05) is 6.07 Å². The van der Waals surface area contributed by atoms with Crippen LogP contribution in [0.4, 0.5) is 11.4 Å². The van der Waals surface area contributed by atoms with Crippen molar-refractivity contribution in [1.29, 1.82) is 0 Å². The highest BCUT2D eigenvalue weighted by Crippen LogP contribution is 2.16. The second-order valence-corrected chi connectivity index (χ2v) is 5.83. The molecule has 0 fully saturated rings. The number of carbonyl (C=O) groups is 1.